The molecule has 8 nitrogen and oxygen atoms in total. The Morgan fingerprint density at radius 3 is 2.47 bits per heavy atom. The van der Waals surface area contributed by atoms with Gasteiger partial charge in [-0.15, -0.1) is 0 Å². The molecule has 0 aliphatic heterocycles. The van der Waals surface area contributed by atoms with Gasteiger partial charge in [0.2, 0.25) is 0 Å². The molecule has 2 aliphatic rings. The van der Waals surface area contributed by atoms with Gasteiger partial charge < -0.3 is 14.1 Å². The molecule has 2 atom stereocenters. The normalized spacial score (nSPS) is 17.8. The molecule has 0 spiro atoms. The molecule has 34 heavy (non-hydrogen) atoms. The highest BCUT2D eigenvalue weighted by atomic mass is 32.2. The molecule has 2 unspecified atom stereocenters. The van der Waals surface area contributed by atoms with E-state index in [9.17, 15) is 18.7 Å². The monoisotopic (exact) mass is 480 g/mol. The molecule has 2 heterocycles. The smallest absolute Gasteiger partial charge is 0.343 e. The van der Waals surface area contributed by atoms with Crippen LogP contribution in [-0.4, -0.2) is 23.8 Å². The highest BCUT2D eigenvalue weighted by Crippen LogP contribution is 2.48. The van der Waals surface area contributed by atoms with Crippen LogP contribution >= 0.6 is 0 Å². The summed E-state index contributed by atoms with van der Waals surface area (Å²) in [5.41, 5.74) is 2.70. The van der Waals surface area contributed by atoms with Gasteiger partial charge in [0.05, 0.1) is 5.56 Å². The third-order valence-corrected chi connectivity index (χ3v) is 7.08. The molecule has 178 valence electrons. The molecule has 1 aromatic carbocycles. The van der Waals surface area contributed by atoms with Crippen LogP contribution in [0.3, 0.4) is 0 Å². The lowest BCUT2D eigenvalue weighted by molar-refractivity contribution is 0.382. The Balaban J connectivity index is 1.53. The van der Waals surface area contributed by atoms with Gasteiger partial charge in [0, 0.05) is 47.1 Å². The predicted octanol–water partition coefficient (Wildman–Crippen LogP) is 4.21. The van der Waals surface area contributed by atoms with E-state index in [0.29, 0.717) is 29.0 Å². The number of nitrogens with zero attached hydrogens (tertiary/aromatic N) is 2. The third-order valence-electron chi connectivity index (χ3n) is 6.72. The average Bonchev–Trinajstić information content (AvgIpc) is 3.63. The van der Waals surface area contributed by atoms with Crippen LogP contribution in [0.2, 0.25) is 0 Å². The van der Waals surface area contributed by atoms with Gasteiger partial charge in [-0.3, -0.25) is 13.9 Å². The first-order valence-corrected chi connectivity index (χ1v) is 12.8. The van der Waals surface area contributed by atoms with Crippen molar-refractivity contribution in [1.82, 2.24) is 9.97 Å². The standard InChI is InChI=1S/C25H27N3O5S/c29-23-18-5-3-1-2-4-6-19(18)33-25(30)21(23)20(15-7-8-15)16-9-11-17(12-10-16)22-24(28-34(31)32)27-14-13-26-22/h9-15,20,29H,1-8H2,(H,27,28)(H,31,32)/p-1. The van der Waals surface area contributed by atoms with Gasteiger partial charge in [0.1, 0.15) is 17.2 Å². The fraction of sp³-hybridized carbons (Fsp3) is 0.400. The summed E-state index contributed by atoms with van der Waals surface area (Å²) in [5.74, 6) is 0.890. The van der Waals surface area contributed by atoms with Gasteiger partial charge in [-0.05, 0) is 43.6 Å². The van der Waals surface area contributed by atoms with Crippen molar-refractivity contribution in [3.8, 4) is 17.0 Å². The van der Waals surface area contributed by atoms with Crippen molar-refractivity contribution in [3.63, 3.8) is 0 Å². The maximum Gasteiger partial charge on any atom is 0.343 e. The van der Waals surface area contributed by atoms with E-state index in [-0.39, 0.29) is 23.4 Å². The molecule has 1 saturated carbocycles. The lowest BCUT2D eigenvalue weighted by Gasteiger charge is -2.21. The summed E-state index contributed by atoms with van der Waals surface area (Å²) in [6.07, 6.45) is 10.4. The van der Waals surface area contributed by atoms with E-state index in [1.807, 2.05) is 24.3 Å². The van der Waals surface area contributed by atoms with Crippen LogP contribution in [0.25, 0.3) is 11.3 Å². The highest BCUT2D eigenvalue weighted by molar-refractivity contribution is 7.80. The Morgan fingerprint density at radius 1 is 1.06 bits per heavy atom. The zero-order valence-corrected chi connectivity index (χ0v) is 19.5. The molecule has 0 radical (unpaired) electrons. The van der Waals surface area contributed by atoms with Gasteiger partial charge >= 0.3 is 5.63 Å². The first kappa shape index (κ1) is 22.7. The molecule has 3 aromatic rings. The van der Waals surface area contributed by atoms with Crippen molar-refractivity contribution in [2.75, 3.05) is 4.72 Å². The molecule has 2 N–H and O–H groups in total. The van der Waals surface area contributed by atoms with Crippen LogP contribution in [0.1, 0.15) is 66.9 Å². The number of nitrogens with one attached hydrogen (secondary N) is 1. The zero-order valence-electron chi connectivity index (χ0n) is 18.7. The summed E-state index contributed by atoms with van der Waals surface area (Å²) in [6.45, 7) is 0. The minimum absolute atomic E-state index is 0.104. The number of hydrogen-bond donors (Lipinski definition) is 2. The van der Waals surface area contributed by atoms with Gasteiger partial charge in [-0.1, -0.05) is 37.1 Å². The Bertz CT molecular complexity index is 1270. The van der Waals surface area contributed by atoms with Gasteiger partial charge in [0.15, 0.2) is 5.82 Å². The Morgan fingerprint density at radius 2 is 1.76 bits per heavy atom. The van der Waals surface area contributed by atoms with Crippen LogP contribution < -0.4 is 10.3 Å². The second kappa shape index (κ2) is 9.68. The van der Waals surface area contributed by atoms with Crippen LogP contribution in [0.5, 0.6) is 5.75 Å². The first-order chi connectivity index (χ1) is 16.5. The largest absolute Gasteiger partial charge is 0.755 e. The fourth-order valence-electron chi connectivity index (χ4n) is 4.95. The molecule has 1 fully saturated rings. The number of benzene rings is 1. The number of rotatable bonds is 6. The lowest BCUT2D eigenvalue weighted by atomic mass is 9.85. The summed E-state index contributed by atoms with van der Waals surface area (Å²) in [5, 5.41) is 11.2. The molecule has 2 aromatic heterocycles. The summed E-state index contributed by atoms with van der Waals surface area (Å²) in [4.78, 5) is 21.4. The van der Waals surface area contributed by atoms with E-state index in [0.717, 1.165) is 56.1 Å². The van der Waals surface area contributed by atoms with Crippen LogP contribution in [0, 0.1) is 5.92 Å². The molecular formula is C25H26N3O5S-. The topological polar surface area (TPSA) is 128 Å². The summed E-state index contributed by atoms with van der Waals surface area (Å²) >= 11 is -2.52. The third kappa shape index (κ3) is 4.63. The number of aromatic hydroxyl groups is 1. The van der Waals surface area contributed by atoms with Crippen molar-refractivity contribution in [2.24, 2.45) is 5.92 Å². The number of anilines is 1. The second-order valence-electron chi connectivity index (χ2n) is 9.00. The maximum absolute atomic E-state index is 13.1. The van der Waals surface area contributed by atoms with Gasteiger partial charge in [-0.2, -0.15) is 0 Å². The van der Waals surface area contributed by atoms with E-state index in [4.69, 9.17) is 4.42 Å². The van der Waals surface area contributed by atoms with Crippen LogP contribution in [-0.2, 0) is 24.1 Å². The fourth-order valence-corrected chi connectivity index (χ4v) is 5.26. The van der Waals surface area contributed by atoms with Crippen LogP contribution in [0.15, 0.2) is 45.9 Å². The number of aromatic nitrogens is 2. The van der Waals surface area contributed by atoms with E-state index in [1.165, 1.54) is 12.4 Å². The van der Waals surface area contributed by atoms with E-state index in [1.54, 1.807) is 0 Å². The lowest BCUT2D eigenvalue weighted by Crippen LogP contribution is -2.19. The molecule has 0 amide bonds. The Kier molecular flexibility index (Phi) is 6.47. The van der Waals surface area contributed by atoms with Crippen molar-refractivity contribution in [3.05, 3.63) is 69.5 Å². The number of hydrogen-bond acceptors (Lipinski definition) is 7. The van der Waals surface area contributed by atoms with Crippen LogP contribution in [0.4, 0.5) is 5.82 Å². The number of fused-ring (bicyclic) bond motifs is 1. The molecule has 0 saturated heterocycles. The summed E-state index contributed by atoms with van der Waals surface area (Å²) in [6, 6.07) is 7.47. The van der Waals surface area contributed by atoms with Crippen molar-refractivity contribution >= 4 is 17.1 Å². The maximum atomic E-state index is 13.1. The minimum Gasteiger partial charge on any atom is -0.755 e. The van der Waals surface area contributed by atoms with E-state index >= 15 is 0 Å². The number of aryl methyl sites for hydroxylation is 1. The quantitative estimate of drug-likeness (QED) is 0.506. The first-order valence-electron chi connectivity index (χ1n) is 11.7. The highest BCUT2D eigenvalue weighted by Gasteiger charge is 2.38. The molecule has 0 bridgehead atoms. The van der Waals surface area contributed by atoms with E-state index < -0.39 is 16.9 Å². The van der Waals surface area contributed by atoms with Gasteiger partial charge in [0.25, 0.3) is 0 Å². The van der Waals surface area contributed by atoms with Gasteiger partial charge in [-0.25, -0.2) is 9.78 Å². The van der Waals surface area contributed by atoms with Crippen molar-refractivity contribution in [2.45, 2.75) is 57.3 Å². The SMILES string of the molecule is O=c1oc2c(c(O)c1C(c1ccc(-c3nccnc3NS(=O)[O-])cc1)C1CC1)CCCCCC2. The van der Waals surface area contributed by atoms with Crippen molar-refractivity contribution < 1.29 is 18.3 Å². The predicted molar refractivity (Wildman–Crippen MR) is 127 cm³/mol. The molecule has 2 aliphatic carbocycles. The molecular weight excluding hydrogens is 454 g/mol. The summed E-state index contributed by atoms with van der Waals surface area (Å²) < 4.78 is 30.2. The molecule has 5 rings (SSSR count). The Hall–Kier alpha value is -3.04. The van der Waals surface area contributed by atoms with Crippen molar-refractivity contribution in [1.29, 1.82) is 0 Å². The molecule has 9 heteroatoms. The minimum atomic E-state index is -2.52. The average molecular weight is 481 g/mol. The zero-order chi connectivity index (χ0) is 23.7. The second-order valence-corrected chi connectivity index (χ2v) is 9.67. The van der Waals surface area contributed by atoms with E-state index in [2.05, 4.69) is 14.7 Å². The Labute approximate surface area is 199 Å². The summed E-state index contributed by atoms with van der Waals surface area (Å²) in [7, 11) is 0.